The van der Waals surface area contributed by atoms with Crippen LogP contribution in [0.4, 0.5) is 5.69 Å². The summed E-state index contributed by atoms with van der Waals surface area (Å²) in [5.41, 5.74) is 4.49. The number of aliphatic carboxylic acids is 1. The molecule has 3 rings (SSSR count). The standard InChI is InChI=1S/C19H19N3O3/c1-12-10-13(2)22-9-8-16(18(22)20-12)19(25)21-15-5-3-4-14(11-15)6-7-17(23)24/h3-5,8-11H,6-7H2,1-2H3,(H,21,25)(H,23,24). The molecule has 6 nitrogen and oxygen atoms in total. The normalized spacial score (nSPS) is 10.8. The molecule has 2 heterocycles. The van der Waals surface area contributed by atoms with Gasteiger partial charge in [-0.3, -0.25) is 9.59 Å². The molecule has 0 spiro atoms. The lowest BCUT2D eigenvalue weighted by atomic mass is 10.1. The van der Waals surface area contributed by atoms with Crippen molar-refractivity contribution < 1.29 is 14.7 Å². The number of rotatable bonds is 5. The third-order valence-corrected chi connectivity index (χ3v) is 4.00. The maximum atomic E-state index is 12.6. The quantitative estimate of drug-likeness (QED) is 0.749. The molecule has 0 aliphatic heterocycles. The number of hydrogen-bond acceptors (Lipinski definition) is 3. The first-order chi connectivity index (χ1) is 11.9. The van der Waals surface area contributed by atoms with Crippen LogP contribution in [0.3, 0.4) is 0 Å². The molecule has 0 fully saturated rings. The van der Waals surface area contributed by atoms with Gasteiger partial charge in [-0.05, 0) is 50.1 Å². The molecule has 0 bridgehead atoms. The Morgan fingerprint density at radius 2 is 2.00 bits per heavy atom. The second-order valence-corrected chi connectivity index (χ2v) is 6.01. The number of carboxylic acid groups (broad SMARTS) is 1. The molecule has 1 aromatic carbocycles. The summed E-state index contributed by atoms with van der Waals surface area (Å²) in [6, 6.07) is 10.9. The van der Waals surface area contributed by atoms with Gasteiger partial charge in [-0.2, -0.15) is 0 Å². The number of carbonyl (C=O) groups excluding carboxylic acids is 1. The van der Waals surface area contributed by atoms with Crippen LogP contribution in [0, 0.1) is 13.8 Å². The summed E-state index contributed by atoms with van der Waals surface area (Å²) in [4.78, 5) is 27.8. The number of nitrogens with one attached hydrogen (secondary N) is 1. The number of fused-ring (bicyclic) bond motifs is 1. The Labute approximate surface area is 145 Å². The Hall–Kier alpha value is -3.15. The number of carboxylic acids is 1. The van der Waals surface area contributed by atoms with Gasteiger partial charge in [0.15, 0.2) is 0 Å². The fraction of sp³-hybridized carbons (Fsp3) is 0.211. The minimum Gasteiger partial charge on any atom is -0.481 e. The fourth-order valence-corrected chi connectivity index (χ4v) is 2.83. The molecule has 0 saturated carbocycles. The lowest BCUT2D eigenvalue weighted by molar-refractivity contribution is -0.136. The Balaban J connectivity index is 1.83. The van der Waals surface area contributed by atoms with E-state index in [2.05, 4.69) is 10.3 Å². The van der Waals surface area contributed by atoms with Gasteiger partial charge >= 0.3 is 5.97 Å². The maximum Gasteiger partial charge on any atom is 0.303 e. The van der Waals surface area contributed by atoms with E-state index in [1.807, 2.05) is 36.6 Å². The van der Waals surface area contributed by atoms with Crippen LogP contribution in [0.25, 0.3) is 5.65 Å². The molecule has 6 heteroatoms. The first-order valence-corrected chi connectivity index (χ1v) is 8.01. The van der Waals surface area contributed by atoms with Crippen LogP contribution in [0.2, 0.25) is 0 Å². The lowest BCUT2D eigenvalue weighted by Gasteiger charge is -2.07. The van der Waals surface area contributed by atoms with Crippen molar-refractivity contribution in [2.45, 2.75) is 26.7 Å². The van der Waals surface area contributed by atoms with Crippen molar-refractivity contribution in [3.05, 3.63) is 65.1 Å². The lowest BCUT2D eigenvalue weighted by Crippen LogP contribution is -2.12. The van der Waals surface area contributed by atoms with E-state index in [0.717, 1.165) is 17.0 Å². The van der Waals surface area contributed by atoms with E-state index in [-0.39, 0.29) is 12.3 Å². The molecule has 0 aliphatic rings. The number of carbonyl (C=O) groups is 2. The number of aromatic nitrogens is 2. The first kappa shape index (κ1) is 16.7. The van der Waals surface area contributed by atoms with Crippen molar-refractivity contribution in [3.63, 3.8) is 0 Å². The highest BCUT2D eigenvalue weighted by Gasteiger charge is 2.14. The molecule has 0 aliphatic carbocycles. The molecular weight excluding hydrogens is 318 g/mol. The Morgan fingerprint density at radius 1 is 1.20 bits per heavy atom. The summed E-state index contributed by atoms with van der Waals surface area (Å²) in [6.07, 6.45) is 2.31. The van der Waals surface area contributed by atoms with Crippen LogP contribution in [0.5, 0.6) is 0 Å². The van der Waals surface area contributed by atoms with Crippen LogP contribution in [-0.2, 0) is 11.2 Å². The fourth-order valence-electron chi connectivity index (χ4n) is 2.83. The van der Waals surface area contributed by atoms with E-state index < -0.39 is 5.97 Å². The monoisotopic (exact) mass is 337 g/mol. The van der Waals surface area contributed by atoms with Crippen LogP contribution >= 0.6 is 0 Å². The van der Waals surface area contributed by atoms with Gasteiger partial charge in [0.2, 0.25) is 0 Å². The van der Waals surface area contributed by atoms with Gasteiger partial charge in [-0.15, -0.1) is 0 Å². The average Bonchev–Trinajstić information content (AvgIpc) is 2.97. The van der Waals surface area contributed by atoms with Gasteiger partial charge < -0.3 is 14.8 Å². The molecule has 128 valence electrons. The van der Waals surface area contributed by atoms with E-state index in [1.165, 1.54) is 0 Å². The van der Waals surface area contributed by atoms with Crippen molar-refractivity contribution in [3.8, 4) is 0 Å². The van der Waals surface area contributed by atoms with E-state index in [9.17, 15) is 9.59 Å². The number of amides is 1. The van der Waals surface area contributed by atoms with Crippen molar-refractivity contribution in [2.24, 2.45) is 0 Å². The second kappa shape index (κ2) is 6.76. The second-order valence-electron chi connectivity index (χ2n) is 6.01. The molecule has 2 aromatic heterocycles. The number of anilines is 1. The van der Waals surface area contributed by atoms with Gasteiger partial charge in [0.05, 0.1) is 5.56 Å². The summed E-state index contributed by atoms with van der Waals surface area (Å²) in [5, 5.41) is 11.6. The first-order valence-electron chi connectivity index (χ1n) is 8.01. The summed E-state index contributed by atoms with van der Waals surface area (Å²) < 4.78 is 1.88. The van der Waals surface area contributed by atoms with Crippen LogP contribution in [0.1, 0.15) is 33.7 Å². The SMILES string of the molecule is Cc1cc(C)n2ccc(C(=O)Nc3cccc(CCC(=O)O)c3)c2n1. The van der Waals surface area contributed by atoms with Crippen molar-refractivity contribution in [1.82, 2.24) is 9.38 Å². The largest absolute Gasteiger partial charge is 0.481 e. The van der Waals surface area contributed by atoms with Crippen LogP contribution in [0.15, 0.2) is 42.6 Å². The molecule has 3 aromatic rings. The summed E-state index contributed by atoms with van der Waals surface area (Å²) in [7, 11) is 0. The highest BCUT2D eigenvalue weighted by atomic mass is 16.4. The number of nitrogens with zero attached hydrogens (tertiary/aromatic N) is 2. The topological polar surface area (TPSA) is 83.7 Å². The molecule has 0 atom stereocenters. The molecular formula is C19H19N3O3. The Morgan fingerprint density at radius 3 is 2.76 bits per heavy atom. The average molecular weight is 337 g/mol. The maximum absolute atomic E-state index is 12.6. The minimum absolute atomic E-state index is 0.0595. The number of aryl methyl sites for hydroxylation is 3. The van der Waals surface area contributed by atoms with Gasteiger partial charge in [-0.25, -0.2) is 4.98 Å². The van der Waals surface area contributed by atoms with Gasteiger partial charge in [0.1, 0.15) is 5.65 Å². The highest BCUT2D eigenvalue weighted by molar-refractivity contribution is 6.08. The third-order valence-electron chi connectivity index (χ3n) is 4.00. The molecule has 0 saturated heterocycles. The van der Waals surface area contributed by atoms with E-state index in [1.54, 1.807) is 24.3 Å². The molecule has 0 unspecified atom stereocenters. The predicted octanol–water partition coefficient (Wildman–Crippen LogP) is 3.22. The van der Waals surface area contributed by atoms with Gasteiger partial charge in [-0.1, -0.05) is 12.1 Å². The smallest absolute Gasteiger partial charge is 0.303 e. The highest BCUT2D eigenvalue weighted by Crippen LogP contribution is 2.18. The summed E-state index contributed by atoms with van der Waals surface area (Å²) in [5.74, 6) is -1.08. The zero-order valence-electron chi connectivity index (χ0n) is 14.1. The van der Waals surface area contributed by atoms with Crippen LogP contribution < -0.4 is 5.32 Å². The zero-order chi connectivity index (χ0) is 18.0. The molecule has 0 radical (unpaired) electrons. The van der Waals surface area contributed by atoms with Gasteiger partial charge in [0.25, 0.3) is 5.91 Å². The molecule has 25 heavy (non-hydrogen) atoms. The van der Waals surface area contributed by atoms with Crippen molar-refractivity contribution >= 4 is 23.2 Å². The van der Waals surface area contributed by atoms with E-state index >= 15 is 0 Å². The van der Waals surface area contributed by atoms with E-state index in [4.69, 9.17) is 5.11 Å². The Kier molecular flexibility index (Phi) is 4.52. The molecule has 2 N–H and O–H groups in total. The third kappa shape index (κ3) is 3.68. The summed E-state index contributed by atoms with van der Waals surface area (Å²) >= 11 is 0. The number of benzene rings is 1. The van der Waals surface area contributed by atoms with Crippen molar-refractivity contribution in [1.29, 1.82) is 0 Å². The molecule has 1 amide bonds. The predicted molar refractivity (Wildman–Crippen MR) is 95.0 cm³/mol. The zero-order valence-corrected chi connectivity index (χ0v) is 14.1. The van der Waals surface area contributed by atoms with Gasteiger partial charge in [0, 0.05) is 29.7 Å². The minimum atomic E-state index is -0.841. The van der Waals surface area contributed by atoms with Crippen LogP contribution in [-0.4, -0.2) is 26.4 Å². The van der Waals surface area contributed by atoms with E-state index in [0.29, 0.717) is 23.3 Å². The number of hydrogen-bond donors (Lipinski definition) is 2. The summed E-state index contributed by atoms with van der Waals surface area (Å²) in [6.45, 7) is 3.86. The Bertz CT molecular complexity index is 960. The van der Waals surface area contributed by atoms with Crippen molar-refractivity contribution in [2.75, 3.05) is 5.32 Å².